The van der Waals surface area contributed by atoms with Gasteiger partial charge in [-0.1, -0.05) is 97.1 Å². The summed E-state index contributed by atoms with van der Waals surface area (Å²) in [6.45, 7) is 0. The molecule has 3 aromatic rings. The quantitative estimate of drug-likeness (QED) is 0.601. The molecule has 1 aliphatic carbocycles. The first-order chi connectivity index (χ1) is 11.4. The van der Waals surface area contributed by atoms with Gasteiger partial charge in [-0.2, -0.15) is 0 Å². The molecule has 0 unspecified atom stereocenters. The molecule has 1 nitrogen and oxygen atoms in total. The summed E-state index contributed by atoms with van der Waals surface area (Å²) in [7, 11) is 0. The smallest absolute Gasteiger partial charge is 0.0538 e. The molecule has 110 valence electrons. The lowest BCUT2D eigenvalue weighted by Gasteiger charge is -2.02. The molecule has 1 aromatic heterocycles. The number of fused-ring (bicyclic) bond motifs is 1. The molecule has 0 fully saturated rings. The van der Waals surface area contributed by atoms with Gasteiger partial charge in [0.1, 0.15) is 0 Å². The van der Waals surface area contributed by atoms with Gasteiger partial charge < -0.3 is 4.98 Å². The number of benzene rings is 2. The minimum absolute atomic E-state index is 1.16. The standard InChI is InChI=1S/C22H17N/c1-2-10-16-20-19(15-9-1)21(17-11-5-3-6-12-17)23-22(20)18-13-7-4-8-14-18/h1-16,23H. The lowest BCUT2D eigenvalue weighted by Crippen LogP contribution is -1.82. The first-order valence-corrected chi connectivity index (χ1v) is 7.82. The summed E-state index contributed by atoms with van der Waals surface area (Å²) in [5.41, 5.74) is 7.19. The van der Waals surface area contributed by atoms with Crippen LogP contribution in [0.1, 0.15) is 11.1 Å². The fourth-order valence-corrected chi connectivity index (χ4v) is 2.97. The highest BCUT2D eigenvalue weighted by Gasteiger charge is 2.16. The predicted molar refractivity (Wildman–Crippen MR) is 98.9 cm³/mol. The van der Waals surface area contributed by atoms with Crippen LogP contribution in [0.15, 0.2) is 85.0 Å². The van der Waals surface area contributed by atoms with Gasteiger partial charge in [-0.3, -0.25) is 0 Å². The molecule has 0 radical (unpaired) electrons. The average molecular weight is 295 g/mol. The Morgan fingerprint density at radius 1 is 0.478 bits per heavy atom. The second-order valence-electron chi connectivity index (χ2n) is 5.54. The molecular weight excluding hydrogens is 278 g/mol. The van der Waals surface area contributed by atoms with E-state index in [0.717, 1.165) is 11.4 Å². The van der Waals surface area contributed by atoms with Crippen LogP contribution in [-0.2, 0) is 0 Å². The third-order valence-corrected chi connectivity index (χ3v) is 4.06. The van der Waals surface area contributed by atoms with Crippen molar-refractivity contribution in [2.75, 3.05) is 0 Å². The first kappa shape index (κ1) is 13.6. The van der Waals surface area contributed by atoms with Crippen molar-refractivity contribution in [1.82, 2.24) is 4.98 Å². The van der Waals surface area contributed by atoms with Crippen LogP contribution in [0.5, 0.6) is 0 Å². The van der Waals surface area contributed by atoms with Crippen molar-refractivity contribution >= 4 is 12.2 Å². The number of rotatable bonds is 2. The van der Waals surface area contributed by atoms with Gasteiger partial charge in [0.15, 0.2) is 0 Å². The van der Waals surface area contributed by atoms with E-state index in [9.17, 15) is 0 Å². The lowest BCUT2D eigenvalue weighted by molar-refractivity contribution is 1.39. The van der Waals surface area contributed by atoms with Gasteiger partial charge in [-0.25, -0.2) is 0 Å². The van der Waals surface area contributed by atoms with Gasteiger partial charge in [-0.05, 0) is 11.1 Å². The van der Waals surface area contributed by atoms with E-state index >= 15 is 0 Å². The molecule has 1 N–H and O–H groups in total. The summed E-state index contributed by atoms with van der Waals surface area (Å²) in [5, 5.41) is 0. The van der Waals surface area contributed by atoms with E-state index in [1.54, 1.807) is 0 Å². The number of H-pyrrole nitrogens is 1. The summed E-state index contributed by atoms with van der Waals surface area (Å²) >= 11 is 0. The molecule has 0 spiro atoms. The Morgan fingerprint density at radius 3 is 1.35 bits per heavy atom. The predicted octanol–water partition coefficient (Wildman–Crippen LogP) is 5.94. The number of aromatic nitrogens is 1. The number of hydrogen-bond acceptors (Lipinski definition) is 0. The van der Waals surface area contributed by atoms with E-state index in [0.29, 0.717) is 0 Å². The van der Waals surface area contributed by atoms with Gasteiger partial charge in [0.25, 0.3) is 0 Å². The molecule has 0 aliphatic heterocycles. The van der Waals surface area contributed by atoms with Crippen molar-refractivity contribution in [3.8, 4) is 22.5 Å². The molecule has 1 heteroatoms. The number of nitrogens with one attached hydrogen (secondary N) is 1. The Bertz CT molecular complexity index is 820. The van der Waals surface area contributed by atoms with E-state index in [1.807, 2.05) is 12.1 Å². The SMILES string of the molecule is C1=CC=Cc2c(-c3ccccc3)[nH]c(-c3ccccc3)c2C=C1. The molecule has 1 heterocycles. The molecule has 0 saturated carbocycles. The lowest BCUT2D eigenvalue weighted by atomic mass is 9.99. The normalized spacial score (nSPS) is 12.7. The fourth-order valence-electron chi connectivity index (χ4n) is 2.97. The maximum Gasteiger partial charge on any atom is 0.0538 e. The van der Waals surface area contributed by atoms with E-state index in [1.165, 1.54) is 22.3 Å². The minimum Gasteiger partial charge on any atom is -0.354 e. The maximum absolute atomic E-state index is 3.65. The Kier molecular flexibility index (Phi) is 3.53. The first-order valence-electron chi connectivity index (χ1n) is 7.82. The number of allylic oxidation sites excluding steroid dienone is 4. The summed E-state index contributed by atoms with van der Waals surface area (Å²) in [6.07, 6.45) is 12.7. The topological polar surface area (TPSA) is 15.8 Å². The molecule has 2 aromatic carbocycles. The van der Waals surface area contributed by atoms with Crippen LogP contribution in [-0.4, -0.2) is 4.98 Å². The van der Waals surface area contributed by atoms with E-state index in [2.05, 4.69) is 90.0 Å². The highest BCUT2D eigenvalue weighted by molar-refractivity contribution is 5.88. The van der Waals surface area contributed by atoms with Crippen molar-refractivity contribution in [3.63, 3.8) is 0 Å². The Hall–Kier alpha value is -3.06. The van der Waals surface area contributed by atoms with Gasteiger partial charge in [-0.15, -0.1) is 0 Å². The van der Waals surface area contributed by atoms with Crippen LogP contribution >= 0.6 is 0 Å². The van der Waals surface area contributed by atoms with Crippen molar-refractivity contribution in [3.05, 3.63) is 96.1 Å². The molecule has 0 bridgehead atoms. The highest BCUT2D eigenvalue weighted by atomic mass is 14.7. The molecule has 1 aliphatic rings. The Morgan fingerprint density at radius 2 is 0.913 bits per heavy atom. The monoisotopic (exact) mass is 295 g/mol. The molecule has 0 amide bonds. The molecular formula is C22H17N. The third kappa shape index (κ3) is 2.58. The maximum atomic E-state index is 3.65. The van der Waals surface area contributed by atoms with Gasteiger partial charge in [0.2, 0.25) is 0 Å². The second-order valence-corrected chi connectivity index (χ2v) is 5.54. The zero-order chi connectivity index (χ0) is 15.5. The van der Waals surface area contributed by atoms with Crippen molar-refractivity contribution in [2.24, 2.45) is 0 Å². The average Bonchev–Trinajstić information content (AvgIpc) is 2.94. The molecule has 0 saturated heterocycles. The van der Waals surface area contributed by atoms with Crippen LogP contribution in [0, 0.1) is 0 Å². The van der Waals surface area contributed by atoms with Crippen LogP contribution in [0.4, 0.5) is 0 Å². The molecule has 0 atom stereocenters. The number of hydrogen-bond donors (Lipinski definition) is 1. The van der Waals surface area contributed by atoms with Gasteiger partial charge in [0, 0.05) is 11.1 Å². The highest BCUT2D eigenvalue weighted by Crippen LogP contribution is 2.36. The molecule has 23 heavy (non-hydrogen) atoms. The summed E-state index contributed by atoms with van der Waals surface area (Å²) in [4.78, 5) is 3.65. The van der Waals surface area contributed by atoms with Crippen LogP contribution in [0.25, 0.3) is 34.7 Å². The van der Waals surface area contributed by atoms with Crippen molar-refractivity contribution in [2.45, 2.75) is 0 Å². The van der Waals surface area contributed by atoms with Crippen LogP contribution in [0.3, 0.4) is 0 Å². The van der Waals surface area contributed by atoms with Crippen LogP contribution < -0.4 is 0 Å². The zero-order valence-corrected chi connectivity index (χ0v) is 12.7. The summed E-state index contributed by atoms with van der Waals surface area (Å²) in [5.74, 6) is 0. The summed E-state index contributed by atoms with van der Waals surface area (Å²) in [6, 6.07) is 21.0. The van der Waals surface area contributed by atoms with Crippen LogP contribution in [0.2, 0.25) is 0 Å². The third-order valence-electron chi connectivity index (χ3n) is 4.06. The Balaban J connectivity index is 1.99. The fraction of sp³-hybridized carbons (Fsp3) is 0. The molecule has 4 rings (SSSR count). The largest absolute Gasteiger partial charge is 0.354 e. The van der Waals surface area contributed by atoms with E-state index in [-0.39, 0.29) is 0 Å². The van der Waals surface area contributed by atoms with E-state index in [4.69, 9.17) is 0 Å². The van der Waals surface area contributed by atoms with Crippen molar-refractivity contribution in [1.29, 1.82) is 0 Å². The Labute approximate surface area is 136 Å². The van der Waals surface area contributed by atoms with E-state index < -0.39 is 0 Å². The van der Waals surface area contributed by atoms with Gasteiger partial charge >= 0.3 is 0 Å². The summed E-state index contributed by atoms with van der Waals surface area (Å²) < 4.78 is 0. The zero-order valence-electron chi connectivity index (χ0n) is 12.7. The second kappa shape index (κ2) is 5.98. The number of aromatic amines is 1. The van der Waals surface area contributed by atoms with Crippen molar-refractivity contribution < 1.29 is 0 Å². The van der Waals surface area contributed by atoms with Gasteiger partial charge in [0.05, 0.1) is 11.4 Å². The minimum atomic E-state index is 1.16.